The van der Waals surface area contributed by atoms with Gasteiger partial charge in [-0.15, -0.1) is 0 Å². The second-order valence-electron chi connectivity index (χ2n) is 2.47. The normalized spacial score (nSPS) is 9.54. The van der Waals surface area contributed by atoms with E-state index in [9.17, 15) is 4.79 Å². The summed E-state index contributed by atoms with van der Waals surface area (Å²) >= 11 is 0. The molecule has 6 heteroatoms. The average molecular weight is 181 g/mol. The molecule has 0 saturated carbocycles. The average Bonchev–Trinajstić information content (AvgIpc) is 2.08. The first-order valence-electron chi connectivity index (χ1n) is 3.78. The van der Waals surface area contributed by atoms with Gasteiger partial charge in [-0.05, 0) is 0 Å². The van der Waals surface area contributed by atoms with Gasteiger partial charge in [0.25, 0.3) is 0 Å². The van der Waals surface area contributed by atoms with E-state index in [-0.39, 0.29) is 12.3 Å². The van der Waals surface area contributed by atoms with Gasteiger partial charge < -0.3 is 16.8 Å². The second-order valence-corrected chi connectivity index (χ2v) is 2.47. The van der Waals surface area contributed by atoms with Crippen LogP contribution in [-0.4, -0.2) is 22.4 Å². The molecule has 70 valence electrons. The Hall–Kier alpha value is -1.85. The minimum Gasteiger partial charge on any atom is -0.394 e. The summed E-state index contributed by atoms with van der Waals surface area (Å²) in [5.41, 5.74) is 10.9. The highest BCUT2D eigenvalue weighted by molar-refractivity contribution is 5.74. The van der Waals surface area contributed by atoms with E-state index in [1.807, 2.05) is 0 Å². The number of nitrogen functional groups attached to an aromatic ring is 1. The summed E-state index contributed by atoms with van der Waals surface area (Å²) < 4.78 is 0. The first kappa shape index (κ1) is 9.24. The van der Waals surface area contributed by atoms with E-state index in [0.717, 1.165) is 0 Å². The van der Waals surface area contributed by atoms with Crippen molar-refractivity contribution >= 4 is 17.4 Å². The molecule has 0 spiro atoms. The minimum atomic E-state index is -0.361. The number of carbonyl (C=O) groups is 1. The summed E-state index contributed by atoms with van der Waals surface area (Å²) in [6, 6.07) is 0. The largest absolute Gasteiger partial charge is 0.394 e. The number of aromatic nitrogens is 2. The number of amides is 1. The zero-order chi connectivity index (χ0) is 9.68. The number of primary amides is 1. The molecule has 1 aromatic rings. The third kappa shape index (κ3) is 2.94. The van der Waals surface area contributed by atoms with E-state index in [4.69, 9.17) is 11.5 Å². The Bertz CT molecular complexity index is 301. The lowest BCUT2D eigenvalue weighted by molar-refractivity contribution is -0.117. The Morgan fingerprint density at radius 1 is 1.62 bits per heavy atom. The molecular weight excluding hydrogens is 170 g/mol. The van der Waals surface area contributed by atoms with Crippen LogP contribution in [0, 0.1) is 0 Å². The van der Waals surface area contributed by atoms with Gasteiger partial charge in [0.05, 0.1) is 11.9 Å². The third-order valence-electron chi connectivity index (χ3n) is 1.40. The zero-order valence-electron chi connectivity index (χ0n) is 7.03. The fraction of sp³-hybridized carbons (Fsp3) is 0.286. The topological polar surface area (TPSA) is 107 Å². The lowest BCUT2D eigenvalue weighted by Crippen LogP contribution is -2.16. The molecule has 1 aromatic heterocycles. The summed E-state index contributed by atoms with van der Waals surface area (Å²) in [6.45, 7) is 0.427. The fourth-order valence-corrected chi connectivity index (χ4v) is 0.792. The smallest absolute Gasteiger partial charge is 0.219 e. The maximum Gasteiger partial charge on any atom is 0.219 e. The highest BCUT2D eigenvalue weighted by Gasteiger charge is 1.99. The van der Waals surface area contributed by atoms with Crippen molar-refractivity contribution in [2.75, 3.05) is 17.6 Å². The van der Waals surface area contributed by atoms with Crippen LogP contribution in [0.25, 0.3) is 0 Å². The minimum absolute atomic E-state index is 0.253. The van der Waals surface area contributed by atoms with Gasteiger partial charge in [0.2, 0.25) is 5.91 Å². The van der Waals surface area contributed by atoms with E-state index < -0.39 is 0 Å². The summed E-state index contributed by atoms with van der Waals surface area (Å²) in [5, 5.41) is 2.87. The molecule has 0 aliphatic rings. The maximum atomic E-state index is 10.4. The number of hydrogen-bond acceptors (Lipinski definition) is 5. The first-order valence-corrected chi connectivity index (χ1v) is 3.78. The summed E-state index contributed by atoms with van der Waals surface area (Å²) in [7, 11) is 0. The highest BCUT2D eigenvalue weighted by Crippen LogP contribution is 2.10. The Balaban J connectivity index is 2.45. The van der Waals surface area contributed by atoms with Gasteiger partial charge in [-0.25, -0.2) is 9.97 Å². The van der Waals surface area contributed by atoms with E-state index in [2.05, 4.69) is 15.3 Å². The Labute approximate surface area is 75.4 Å². The standard InChI is InChI=1S/C7H11N5O/c8-5-3-10-4-12-7(5)11-2-1-6(9)13/h3-4H,1-2,8H2,(H2,9,13)(H,10,11,12). The van der Waals surface area contributed by atoms with Gasteiger partial charge in [0.1, 0.15) is 6.33 Å². The van der Waals surface area contributed by atoms with Crippen LogP contribution in [0.1, 0.15) is 6.42 Å². The summed E-state index contributed by atoms with van der Waals surface area (Å²) in [5.74, 6) is 0.163. The number of nitrogens with two attached hydrogens (primary N) is 2. The van der Waals surface area contributed by atoms with Crippen LogP contribution in [0.15, 0.2) is 12.5 Å². The first-order chi connectivity index (χ1) is 6.20. The number of carbonyl (C=O) groups excluding carboxylic acids is 1. The Morgan fingerprint density at radius 2 is 2.38 bits per heavy atom. The van der Waals surface area contributed by atoms with Crippen molar-refractivity contribution in [1.29, 1.82) is 0 Å². The van der Waals surface area contributed by atoms with Crippen LogP contribution in [0.2, 0.25) is 0 Å². The molecule has 0 saturated heterocycles. The molecule has 0 bridgehead atoms. The number of hydrogen-bond donors (Lipinski definition) is 3. The van der Waals surface area contributed by atoms with Crippen LogP contribution < -0.4 is 16.8 Å². The predicted molar refractivity (Wildman–Crippen MR) is 48.7 cm³/mol. The number of nitrogens with one attached hydrogen (secondary N) is 1. The third-order valence-corrected chi connectivity index (χ3v) is 1.40. The zero-order valence-corrected chi connectivity index (χ0v) is 7.03. The molecule has 0 atom stereocenters. The molecule has 1 rings (SSSR count). The molecule has 13 heavy (non-hydrogen) atoms. The van der Waals surface area contributed by atoms with Crippen molar-refractivity contribution < 1.29 is 4.79 Å². The molecule has 0 fully saturated rings. The predicted octanol–water partition coefficient (Wildman–Crippen LogP) is -0.654. The van der Waals surface area contributed by atoms with Crippen molar-refractivity contribution in [3.63, 3.8) is 0 Å². The van der Waals surface area contributed by atoms with E-state index in [0.29, 0.717) is 18.1 Å². The van der Waals surface area contributed by atoms with Crippen molar-refractivity contribution in [2.45, 2.75) is 6.42 Å². The molecule has 5 N–H and O–H groups in total. The summed E-state index contributed by atoms with van der Waals surface area (Å²) in [4.78, 5) is 18.0. The lowest BCUT2D eigenvalue weighted by atomic mass is 10.4. The van der Waals surface area contributed by atoms with Gasteiger partial charge in [0, 0.05) is 13.0 Å². The molecule has 0 radical (unpaired) electrons. The van der Waals surface area contributed by atoms with Crippen molar-refractivity contribution in [2.24, 2.45) is 5.73 Å². The molecule has 0 aliphatic carbocycles. The van der Waals surface area contributed by atoms with Crippen LogP contribution in [0.5, 0.6) is 0 Å². The molecule has 0 unspecified atom stereocenters. The summed E-state index contributed by atoms with van der Waals surface area (Å²) in [6.07, 6.45) is 3.12. The monoisotopic (exact) mass is 181 g/mol. The van der Waals surface area contributed by atoms with Gasteiger partial charge in [-0.1, -0.05) is 0 Å². The van der Waals surface area contributed by atoms with Crippen molar-refractivity contribution in [3.8, 4) is 0 Å². The second kappa shape index (κ2) is 4.24. The van der Waals surface area contributed by atoms with Crippen LogP contribution in [0.3, 0.4) is 0 Å². The molecule has 0 aromatic carbocycles. The van der Waals surface area contributed by atoms with Gasteiger partial charge in [0.15, 0.2) is 5.82 Å². The van der Waals surface area contributed by atoms with Crippen molar-refractivity contribution in [3.05, 3.63) is 12.5 Å². The quantitative estimate of drug-likeness (QED) is 0.572. The Kier molecular flexibility index (Phi) is 3.02. The number of rotatable bonds is 4. The molecule has 6 nitrogen and oxygen atoms in total. The van der Waals surface area contributed by atoms with Gasteiger partial charge >= 0.3 is 0 Å². The highest BCUT2D eigenvalue weighted by atomic mass is 16.1. The Morgan fingerprint density at radius 3 is 3.00 bits per heavy atom. The molecule has 1 heterocycles. The fourth-order valence-electron chi connectivity index (χ4n) is 0.792. The van der Waals surface area contributed by atoms with E-state index in [1.165, 1.54) is 12.5 Å². The van der Waals surface area contributed by atoms with Gasteiger partial charge in [-0.3, -0.25) is 4.79 Å². The van der Waals surface area contributed by atoms with Crippen LogP contribution in [-0.2, 0) is 4.79 Å². The number of nitrogens with zero attached hydrogens (tertiary/aromatic N) is 2. The van der Waals surface area contributed by atoms with Crippen molar-refractivity contribution in [1.82, 2.24) is 9.97 Å². The number of anilines is 2. The maximum absolute atomic E-state index is 10.4. The van der Waals surface area contributed by atoms with Crippen LogP contribution in [0.4, 0.5) is 11.5 Å². The molecule has 0 aliphatic heterocycles. The van der Waals surface area contributed by atoms with Gasteiger partial charge in [-0.2, -0.15) is 0 Å². The SMILES string of the molecule is NC(=O)CCNc1ncncc1N. The lowest BCUT2D eigenvalue weighted by Gasteiger charge is -2.04. The van der Waals surface area contributed by atoms with Crippen LogP contribution >= 0.6 is 0 Å². The molecular formula is C7H11N5O. The molecule has 1 amide bonds. The van der Waals surface area contributed by atoms with E-state index in [1.54, 1.807) is 0 Å². The van der Waals surface area contributed by atoms with E-state index >= 15 is 0 Å².